The molecule has 0 saturated heterocycles. The van der Waals surface area contributed by atoms with Gasteiger partial charge < -0.3 is 4.42 Å². The van der Waals surface area contributed by atoms with Crippen LogP contribution in [0.2, 0.25) is 0 Å². The van der Waals surface area contributed by atoms with Crippen LogP contribution in [0.25, 0.3) is 100 Å². The van der Waals surface area contributed by atoms with E-state index in [4.69, 9.17) is 19.4 Å². The van der Waals surface area contributed by atoms with Crippen LogP contribution in [-0.4, -0.2) is 15.0 Å². The van der Waals surface area contributed by atoms with Gasteiger partial charge in [-0.1, -0.05) is 169 Å². The maximum atomic E-state index is 6.81. The van der Waals surface area contributed by atoms with Gasteiger partial charge in [-0.05, 0) is 63.9 Å². The molecule has 0 amide bonds. The van der Waals surface area contributed by atoms with Crippen molar-refractivity contribution in [2.24, 2.45) is 0 Å². The van der Waals surface area contributed by atoms with Gasteiger partial charge in [0.05, 0.1) is 0 Å². The molecule has 10 aromatic rings. The summed E-state index contributed by atoms with van der Waals surface area (Å²) < 4.78 is 6.81. The minimum atomic E-state index is 0.588. The molecular weight excluding hydrogens is 659 g/mol. The third-order valence-corrected chi connectivity index (χ3v) is 10.2. The van der Waals surface area contributed by atoms with Crippen molar-refractivity contribution in [3.05, 3.63) is 188 Å². The lowest BCUT2D eigenvalue weighted by atomic mass is 9.94. The van der Waals surface area contributed by atoms with Gasteiger partial charge in [-0.25, -0.2) is 15.0 Å². The molecule has 0 N–H and O–H groups in total. The first-order valence-corrected chi connectivity index (χ1v) is 18.2. The lowest BCUT2D eigenvalue weighted by molar-refractivity contribution is 0.673. The molecule has 254 valence electrons. The Bertz CT molecular complexity index is 2970. The lowest BCUT2D eigenvalue weighted by Crippen LogP contribution is -2.00. The van der Waals surface area contributed by atoms with E-state index in [1.54, 1.807) is 0 Å². The van der Waals surface area contributed by atoms with Crippen LogP contribution >= 0.6 is 0 Å². The Labute approximate surface area is 313 Å². The number of aromatic nitrogens is 3. The molecule has 0 saturated carbocycles. The Balaban J connectivity index is 1.11. The predicted octanol–water partition coefficient (Wildman–Crippen LogP) is 13.2. The number of aryl methyl sites for hydroxylation is 1. The van der Waals surface area contributed by atoms with Gasteiger partial charge in [0.2, 0.25) is 0 Å². The zero-order valence-electron chi connectivity index (χ0n) is 29.6. The Morgan fingerprint density at radius 1 is 0.370 bits per heavy atom. The highest BCUT2D eigenvalue weighted by atomic mass is 16.3. The average molecular weight is 692 g/mol. The number of benzene rings is 8. The summed E-state index contributed by atoms with van der Waals surface area (Å²) in [5.74, 6) is 1.83. The molecule has 0 bridgehead atoms. The predicted molar refractivity (Wildman–Crippen MR) is 222 cm³/mol. The maximum Gasteiger partial charge on any atom is 0.164 e. The van der Waals surface area contributed by atoms with Crippen molar-refractivity contribution in [2.45, 2.75) is 6.92 Å². The highest BCUT2D eigenvalue weighted by Gasteiger charge is 2.19. The molecule has 4 heteroatoms. The molecule has 0 aliphatic heterocycles. The summed E-state index contributed by atoms with van der Waals surface area (Å²) in [6.45, 7) is 2.11. The summed E-state index contributed by atoms with van der Waals surface area (Å²) in [7, 11) is 0. The van der Waals surface area contributed by atoms with E-state index >= 15 is 0 Å². The van der Waals surface area contributed by atoms with E-state index in [-0.39, 0.29) is 0 Å². The van der Waals surface area contributed by atoms with E-state index in [9.17, 15) is 0 Å². The van der Waals surface area contributed by atoms with Gasteiger partial charge in [0, 0.05) is 32.8 Å². The molecule has 0 aliphatic carbocycles. The monoisotopic (exact) mass is 691 g/mol. The first-order chi connectivity index (χ1) is 26.6. The van der Waals surface area contributed by atoms with Crippen molar-refractivity contribution in [3.8, 4) is 67.5 Å². The minimum absolute atomic E-state index is 0.588. The second-order valence-corrected chi connectivity index (χ2v) is 13.7. The quantitative estimate of drug-likeness (QED) is 0.174. The van der Waals surface area contributed by atoms with Crippen LogP contribution in [-0.2, 0) is 0 Å². The van der Waals surface area contributed by atoms with Crippen molar-refractivity contribution < 1.29 is 4.42 Å². The highest BCUT2D eigenvalue weighted by molar-refractivity contribution is 6.21. The lowest BCUT2D eigenvalue weighted by Gasteiger charge is -2.10. The third kappa shape index (κ3) is 5.71. The normalized spacial score (nSPS) is 11.4. The fourth-order valence-corrected chi connectivity index (χ4v) is 7.44. The number of hydrogen-bond acceptors (Lipinski definition) is 4. The summed E-state index contributed by atoms with van der Waals surface area (Å²) in [5.41, 5.74) is 12.6. The molecule has 2 aromatic heterocycles. The van der Waals surface area contributed by atoms with Gasteiger partial charge in [0.25, 0.3) is 0 Å². The van der Waals surface area contributed by atoms with Gasteiger partial charge >= 0.3 is 0 Å². The Morgan fingerprint density at radius 3 is 1.59 bits per heavy atom. The fourth-order valence-electron chi connectivity index (χ4n) is 7.44. The van der Waals surface area contributed by atoms with Crippen LogP contribution in [0.15, 0.2) is 186 Å². The summed E-state index contributed by atoms with van der Waals surface area (Å²) in [6, 6.07) is 63.4. The molecule has 10 rings (SSSR count). The van der Waals surface area contributed by atoms with Crippen molar-refractivity contribution in [3.63, 3.8) is 0 Å². The number of furan rings is 1. The first-order valence-electron chi connectivity index (χ1n) is 18.2. The second kappa shape index (κ2) is 13.1. The number of fused-ring (bicyclic) bond motifs is 5. The van der Waals surface area contributed by atoms with E-state index in [1.807, 2.05) is 36.4 Å². The van der Waals surface area contributed by atoms with Gasteiger partial charge in [-0.2, -0.15) is 0 Å². The molecule has 0 atom stereocenters. The molecule has 4 nitrogen and oxygen atoms in total. The van der Waals surface area contributed by atoms with E-state index in [2.05, 4.69) is 153 Å². The smallest absolute Gasteiger partial charge is 0.164 e. The molecule has 0 fully saturated rings. The van der Waals surface area contributed by atoms with Crippen LogP contribution in [0, 0.1) is 6.92 Å². The summed E-state index contributed by atoms with van der Waals surface area (Å²) in [6.07, 6.45) is 0. The number of nitrogens with zero attached hydrogens (tertiary/aromatic N) is 3. The molecule has 0 unspecified atom stereocenters. The molecular formula is C50H33N3O. The van der Waals surface area contributed by atoms with Gasteiger partial charge in [-0.3, -0.25) is 0 Å². The molecule has 8 aromatic carbocycles. The van der Waals surface area contributed by atoms with Crippen molar-refractivity contribution in [1.82, 2.24) is 15.0 Å². The van der Waals surface area contributed by atoms with Crippen LogP contribution in [0.4, 0.5) is 0 Å². The Morgan fingerprint density at radius 2 is 0.889 bits per heavy atom. The average Bonchev–Trinajstić information content (AvgIpc) is 3.63. The topological polar surface area (TPSA) is 51.8 Å². The molecule has 2 heterocycles. The maximum absolute atomic E-state index is 6.81. The fraction of sp³-hybridized carbons (Fsp3) is 0.0200. The molecule has 54 heavy (non-hydrogen) atoms. The van der Waals surface area contributed by atoms with E-state index in [0.29, 0.717) is 17.5 Å². The summed E-state index contributed by atoms with van der Waals surface area (Å²) in [4.78, 5) is 15.1. The van der Waals surface area contributed by atoms with Gasteiger partial charge in [-0.15, -0.1) is 0 Å². The standard InChI is InChI=1S/C50H33N3O/c1-32-11-10-17-39(29-32)35-21-25-38(26-22-35)49-51-48(37-14-6-3-7-15-37)52-50(53-49)41-27-28-43-45(31-41)54-47-42-18-9-8-16-40(42)30-44(46(43)47)36-23-19-34(20-24-36)33-12-4-2-5-13-33/h2-31H,1H3. The zero-order valence-corrected chi connectivity index (χ0v) is 29.6. The van der Waals surface area contributed by atoms with Crippen molar-refractivity contribution in [2.75, 3.05) is 0 Å². The highest BCUT2D eigenvalue weighted by Crippen LogP contribution is 2.42. The number of rotatable bonds is 6. The van der Waals surface area contributed by atoms with E-state index in [1.165, 1.54) is 22.3 Å². The molecule has 0 aliphatic rings. The second-order valence-electron chi connectivity index (χ2n) is 13.7. The zero-order chi connectivity index (χ0) is 36.0. The van der Waals surface area contributed by atoms with Crippen molar-refractivity contribution in [1.29, 1.82) is 0 Å². The van der Waals surface area contributed by atoms with E-state index < -0.39 is 0 Å². The van der Waals surface area contributed by atoms with E-state index in [0.717, 1.165) is 66.1 Å². The van der Waals surface area contributed by atoms with Crippen LogP contribution in [0.1, 0.15) is 5.56 Å². The van der Waals surface area contributed by atoms with Gasteiger partial charge in [0.1, 0.15) is 11.2 Å². The van der Waals surface area contributed by atoms with Gasteiger partial charge in [0.15, 0.2) is 17.5 Å². The Kier molecular flexibility index (Phi) is 7.66. The largest absolute Gasteiger partial charge is 0.455 e. The summed E-state index contributed by atoms with van der Waals surface area (Å²) in [5, 5.41) is 4.36. The molecule has 0 spiro atoms. The Hall–Kier alpha value is -7.17. The minimum Gasteiger partial charge on any atom is -0.455 e. The molecule has 0 radical (unpaired) electrons. The first kappa shape index (κ1) is 31.6. The SMILES string of the molecule is Cc1cccc(-c2ccc(-c3nc(-c4ccccc4)nc(-c4ccc5c(c4)oc4c6ccccc6cc(-c6ccc(-c7ccccc7)cc6)c54)n3)cc2)c1. The number of hydrogen-bond donors (Lipinski definition) is 0. The van der Waals surface area contributed by atoms with Crippen molar-refractivity contribution >= 4 is 32.7 Å². The van der Waals surface area contributed by atoms with Crippen LogP contribution in [0.3, 0.4) is 0 Å². The van der Waals surface area contributed by atoms with Crippen LogP contribution in [0.5, 0.6) is 0 Å². The third-order valence-electron chi connectivity index (χ3n) is 10.2. The summed E-state index contributed by atoms with van der Waals surface area (Å²) >= 11 is 0. The van der Waals surface area contributed by atoms with Crippen LogP contribution < -0.4 is 0 Å².